The number of carbonyl (C=O) groups is 2. The number of fused-ring (bicyclic) bond motifs is 1. The fraction of sp³-hybridized carbons (Fsp3) is 0.438. The van der Waals surface area contributed by atoms with Gasteiger partial charge in [0, 0.05) is 10.4 Å². The van der Waals surface area contributed by atoms with E-state index in [1.54, 1.807) is 13.8 Å². The number of rotatable bonds is 3. The van der Waals surface area contributed by atoms with Gasteiger partial charge in [0.25, 0.3) is 5.91 Å². The number of amides is 1. The molecule has 0 radical (unpaired) electrons. The predicted octanol–water partition coefficient (Wildman–Crippen LogP) is 3.27. The predicted molar refractivity (Wildman–Crippen MR) is 86.2 cm³/mol. The van der Waals surface area contributed by atoms with Crippen LogP contribution in [-0.4, -0.2) is 24.1 Å². The van der Waals surface area contributed by atoms with E-state index in [1.807, 2.05) is 0 Å². The van der Waals surface area contributed by atoms with E-state index in [2.05, 4.69) is 10.5 Å². The third-order valence-corrected chi connectivity index (χ3v) is 5.37. The zero-order chi connectivity index (χ0) is 16.6. The summed E-state index contributed by atoms with van der Waals surface area (Å²) in [6.07, 6.45) is 3.92. The normalized spacial score (nSPS) is 13.5. The largest absolute Gasteiger partial charge is 0.465 e. The van der Waals surface area contributed by atoms with E-state index < -0.39 is 5.97 Å². The highest BCUT2D eigenvalue weighted by atomic mass is 32.1. The van der Waals surface area contributed by atoms with Gasteiger partial charge >= 0.3 is 5.97 Å². The van der Waals surface area contributed by atoms with Crippen molar-refractivity contribution in [2.75, 3.05) is 12.4 Å². The van der Waals surface area contributed by atoms with Gasteiger partial charge in [-0.1, -0.05) is 5.16 Å². The first-order chi connectivity index (χ1) is 11.0. The molecule has 0 spiro atoms. The number of anilines is 1. The Kier molecular flexibility index (Phi) is 4.21. The van der Waals surface area contributed by atoms with Crippen LogP contribution in [0.25, 0.3) is 0 Å². The summed E-state index contributed by atoms with van der Waals surface area (Å²) in [6, 6.07) is 0. The number of hydrogen-bond acceptors (Lipinski definition) is 6. The molecule has 0 aromatic carbocycles. The van der Waals surface area contributed by atoms with E-state index in [4.69, 9.17) is 9.26 Å². The summed E-state index contributed by atoms with van der Waals surface area (Å²) in [4.78, 5) is 25.8. The first kappa shape index (κ1) is 15.7. The zero-order valence-corrected chi connectivity index (χ0v) is 14.1. The number of nitrogens with zero attached hydrogens (tertiary/aromatic N) is 1. The van der Waals surface area contributed by atoms with Crippen LogP contribution in [0, 0.1) is 13.8 Å². The first-order valence-electron chi connectivity index (χ1n) is 7.50. The Morgan fingerprint density at radius 1 is 1.26 bits per heavy atom. The summed E-state index contributed by atoms with van der Waals surface area (Å²) in [5.41, 5.74) is 2.43. The molecule has 23 heavy (non-hydrogen) atoms. The van der Waals surface area contributed by atoms with Gasteiger partial charge in [0.1, 0.15) is 10.8 Å². The molecule has 0 saturated carbocycles. The second kappa shape index (κ2) is 6.16. The molecule has 1 aliphatic rings. The fourth-order valence-electron chi connectivity index (χ4n) is 2.76. The number of thiophene rings is 1. The number of nitrogens with one attached hydrogen (secondary N) is 1. The molecular formula is C16H18N2O4S. The second-order valence-corrected chi connectivity index (χ2v) is 6.68. The van der Waals surface area contributed by atoms with Crippen molar-refractivity contribution in [3.05, 3.63) is 33.0 Å². The maximum atomic E-state index is 12.4. The van der Waals surface area contributed by atoms with Gasteiger partial charge < -0.3 is 14.6 Å². The van der Waals surface area contributed by atoms with Crippen molar-refractivity contribution in [2.24, 2.45) is 0 Å². The number of hydrogen-bond donors (Lipinski definition) is 1. The average Bonchev–Trinajstić information content (AvgIpc) is 3.07. The summed E-state index contributed by atoms with van der Waals surface area (Å²) in [5.74, 6) is -0.176. The van der Waals surface area contributed by atoms with Gasteiger partial charge in [-0.15, -0.1) is 11.3 Å². The Labute approximate surface area is 137 Å². The van der Waals surface area contributed by atoms with Crippen molar-refractivity contribution >= 4 is 28.2 Å². The highest BCUT2D eigenvalue weighted by molar-refractivity contribution is 7.17. The van der Waals surface area contributed by atoms with Gasteiger partial charge in [-0.3, -0.25) is 4.79 Å². The van der Waals surface area contributed by atoms with Crippen LogP contribution in [0.1, 0.15) is 55.5 Å². The highest BCUT2D eigenvalue weighted by Gasteiger charge is 2.28. The molecule has 6 nitrogen and oxygen atoms in total. The van der Waals surface area contributed by atoms with E-state index in [9.17, 15) is 9.59 Å². The second-order valence-electron chi connectivity index (χ2n) is 5.57. The fourth-order valence-corrected chi connectivity index (χ4v) is 4.04. The summed E-state index contributed by atoms with van der Waals surface area (Å²) in [5, 5.41) is 7.13. The SMILES string of the molecule is COC(=O)c1c(NC(=O)c2noc(C)c2C)sc2c1CCCC2. The molecule has 1 aliphatic carbocycles. The maximum absolute atomic E-state index is 12.4. The molecule has 2 heterocycles. The Bertz CT molecular complexity index is 775. The van der Waals surface area contributed by atoms with Crippen LogP contribution >= 0.6 is 11.3 Å². The molecule has 1 amide bonds. The Morgan fingerprint density at radius 3 is 2.65 bits per heavy atom. The van der Waals surface area contributed by atoms with Gasteiger partial charge in [-0.05, 0) is 45.1 Å². The van der Waals surface area contributed by atoms with Gasteiger partial charge in [-0.2, -0.15) is 0 Å². The average molecular weight is 334 g/mol. The smallest absolute Gasteiger partial charge is 0.341 e. The minimum Gasteiger partial charge on any atom is -0.465 e. The van der Waals surface area contributed by atoms with Gasteiger partial charge in [-0.25, -0.2) is 4.79 Å². The summed E-state index contributed by atoms with van der Waals surface area (Å²) in [7, 11) is 1.35. The lowest BCUT2D eigenvalue weighted by Gasteiger charge is -2.11. The Balaban J connectivity index is 1.96. The van der Waals surface area contributed by atoms with Gasteiger partial charge in [0.15, 0.2) is 5.69 Å². The number of aryl methyl sites for hydroxylation is 2. The third kappa shape index (κ3) is 2.76. The molecular weight excluding hydrogens is 316 g/mol. The number of esters is 1. The molecule has 0 atom stereocenters. The van der Waals surface area contributed by atoms with Crippen molar-refractivity contribution in [1.82, 2.24) is 5.16 Å². The minimum atomic E-state index is -0.409. The molecule has 2 aromatic heterocycles. The molecule has 3 rings (SSSR count). The maximum Gasteiger partial charge on any atom is 0.341 e. The van der Waals surface area contributed by atoms with Crippen LogP contribution < -0.4 is 5.32 Å². The number of aromatic nitrogens is 1. The Hall–Kier alpha value is -2.15. The van der Waals surface area contributed by atoms with Crippen LogP contribution in [0.2, 0.25) is 0 Å². The van der Waals surface area contributed by atoms with Crippen LogP contribution in [0.4, 0.5) is 5.00 Å². The van der Waals surface area contributed by atoms with Crippen LogP contribution in [0.3, 0.4) is 0 Å². The zero-order valence-electron chi connectivity index (χ0n) is 13.3. The van der Waals surface area contributed by atoms with Crippen molar-refractivity contribution in [2.45, 2.75) is 39.5 Å². The molecule has 7 heteroatoms. The lowest BCUT2D eigenvalue weighted by molar-refractivity contribution is 0.0601. The van der Waals surface area contributed by atoms with Crippen molar-refractivity contribution in [1.29, 1.82) is 0 Å². The molecule has 122 valence electrons. The molecule has 1 N–H and O–H groups in total. The van der Waals surface area contributed by atoms with Gasteiger partial charge in [0.2, 0.25) is 0 Å². The van der Waals surface area contributed by atoms with Crippen LogP contribution in [0.15, 0.2) is 4.52 Å². The van der Waals surface area contributed by atoms with E-state index in [0.29, 0.717) is 21.9 Å². The molecule has 0 unspecified atom stereocenters. The number of carbonyl (C=O) groups excluding carboxylic acids is 2. The Morgan fingerprint density at radius 2 is 2.00 bits per heavy atom. The summed E-state index contributed by atoms with van der Waals surface area (Å²) in [6.45, 7) is 3.53. The van der Waals surface area contributed by atoms with E-state index in [0.717, 1.165) is 36.1 Å². The topological polar surface area (TPSA) is 81.4 Å². The quantitative estimate of drug-likeness (QED) is 0.871. The van der Waals surface area contributed by atoms with Crippen molar-refractivity contribution < 1.29 is 18.8 Å². The van der Waals surface area contributed by atoms with Crippen LogP contribution in [-0.2, 0) is 17.6 Å². The molecule has 0 fully saturated rings. The lowest BCUT2D eigenvalue weighted by Crippen LogP contribution is -2.16. The van der Waals surface area contributed by atoms with Gasteiger partial charge in [0.05, 0.1) is 12.7 Å². The monoisotopic (exact) mass is 334 g/mol. The lowest BCUT2D eigenvalue weighted by atomic mass is 9.95. The molecule has 0 aliphatic heterocycles. The van der Waals surface area contributed by atoms with Crippen LogP contribution in [0.5, 0.6) is 0 Å². The van der Waals surface area contributed by atoms with Crippen molar-refractivity contribution in [3.8, 4) is 0 Å². The van der Waals surface area contributed by atoms with E-state index in [1.165, 1.54) is 18.4 Å². The van der Waals surface area contributed by atoms with E-state index >= 15 is 0 Å². The molecule has 0 saturated heterocycles. The number of ether oxygens (including phenoxy) is 1. The van der Waals surface area contributed by atoms with E-state index in [-0.39, 0.29) is 11.6 Å². The first-order valence-corrected chi connectivity index (χ1v) is 8.31. The summed E-state index contributed by atoms with van der Waals surface area (Å²) >= 11 is 1.45. The standard InChI is InChI=1S/C16H18N2O4S/c1-8-9(2)22-18-13(8)14(19)17-15-12(16(20)21-3)10-6-4-5-7-11(10)23-15/h4-7H2,1-3H3,(H,17,19). The minimum absolute atomic E-state index is 0.240. The molecule has 2 aromatic rings. The number of methoxy groups -OCH3 is 1. The highest BCUT2D eigenvalue weighted by Crippen LogP contribution is 2.38. The summed E-state index contributed by atoms with van der Waals surface area (Å²) < 4.78 is 9.93. The van der Waals surface area contributed by atoms with Crippen molar-refractivity contribution in [3.63, 3.8) is 0 Å². The molecule has 0 bridgehead atoms. The third-order valence-electron chi connectivity index (χ3n) is 4.16.